The van der Waals surface area contributed by atoms with E-state index in [4.69, 9.17) is 0 Å². The number of carbonyl (C=O) groups excluding carboxylic acids is 1. The maximum Gasteiger partial charge on any atom is 0.260 e. The summed E-state index contributed by atoms with van der Waals surface area (Å²) in [6, 6.07) is 16.8. The van der Waals surface area contributed by atoms with Gasteiger partial charge in [0.25, 0.3) is 5.91 Å². The second kappa shape index (κ2) is 9.22. The number of aromatic amines is 1. The van der Waals surface area contributed by atoms with Gasteiger partial charge in [-0.25, -0.2) is 13.2 Å². The first-order chi connectivity index (χ1) is 18.3. The van der Waals surface area contributed by atoms with Crippen molar-refractivity contribution in [2.24, 2.45) is 0 Å². The fourth-order valence-electron chi connectivity index (χ4n) is 6.82. The molecule has 4 nitrogen and oxygen atoms in total. The molecule has 3 aromatic carbocycles. The highest BCUT2D eigenvalue weighted by Crippen LogP contribution is 2.52. The summed E-state index contributed by atoms with van der Waals surface area (Å²) in [5, 5.41) is 1.12. The summed E-state index contributed by atoms with van der Waals surface area (Å²) in [7, 11) is 3.68. The van der Waals surface area contributed by atoms with Crippen molar-refractivity contribution in [2.75, 3.05) is 25.5 Å². The molecule has 1 aliphatic heterocycles. The number of carbonyl (C=O) groups is 1. The second-order valence-corrected chi connectivity index (χ2v) is 10.7. The molecule has 1 spiro atoms. The van der Waals surface area contributed by atoms with E-state index in [1.165, 1.54) is 12.1 Å². The van der Waals surface area contributed by atoms with Gasteiger partial charge in [-0.2, -0.15) is 0 Å². The number of hydrogen-bond donors (Lipinski definition) is 1. The van der Waals surface area contributed by atoms with Crippen LogP contribution in [0.5, 0.6) is 0 Å². The Morgan fingerprint density at radius 1 is 0.921 bits per heavy atom. The molecular weight excluding hydrogens is 487 g/mol. The SMILES string of the molecule is CN(C)c1c(F)cccc1C1CCC2(CC1)c1[nH]c3ccccc3c1CCN2C(=O)c1c(F)cccc1F. The molecule has 0 unspecified atom stereocenters. The second-order valence-electron chi connectivity index (χ2n) is 10.7. The van der Waals surface area contributed by atoms with Crippen molar-refractivity contribution in [1.82, 2.24) is 9.88 Å². The van der Waals surface area contributed by atoms with Crippen LogP contribution in [0, 0.1) is 17.5 Å². The fourth-order valence-corrected chi connectivity index (χ4v) is 6.82. The molecule has 7 heteroatoms. The minimum Gasteiger partial charge on any atom is -0.375 e. The number of hydrogen-bond acceptors (Lipinski definition) is 2. The number of H-pyrrole nitrogens is 1. The van der Waals surface area contributed by atoms with Gasteiger partial charge in [0.2, 0.25) is 0 Å². The van der Waals surface area contributed by atoms with Gasteiger partial charge in [-0.15, -0.1) is 0 Å². The smallest absolute Gasteiger partial charge is 0.260 e. The van der Waals surface area contributed by atoms with Gasteiger partial charge < -0.3 is 14.8 Å². The van der Waals surface area contributed by atoms with Gasteiger partial charge in [0.15, 0.2) is 0 Å². The predicted octanol–water partition coefficient (Wildman–Crippen LogP) is 6.90. The van der Waals surface area contributed by atoms with Gasteiger partial charge in [0.1, 0.15) is 23.0 Å². The lowest BCUT2D eigenvalue weighted by Gasteiger charge is -2.51. The molecule has 196 valence electrons. The molecular formula is C31H30F3N3O. The highest BCUT2D eigenvalue weighted by molar-refractivity contribution is 5.96. The lowest BCUT2D eigenvalue weighted by molar-refractivity contribution is 0.0218. The number of aromatic nitrogens is 1. The van der Waals surface area contributed by atoms with Crippen LogP contribution in [0.15, 0.2) is 60.7 Å². The highest BCUT2D eigenvalue weighted by Gasteiger charge is 2.50. The Balaban J connectivity index is 1.44. The van der Waals surface area contributed by atoms with Crippen LogP contribution in [0.1, 0.15) is 58.8 Å². The van der Waals surface area contributed by atoms with E-state index in [0.717, 1.165) is 39.9 Å². The number of rotatable bonds is 3. The van der Waals surface area contributed by atoms with E-state index in [1.54, 1.807) is 11.0 Å². The van der Waals surface area contributed by atoms with Crippen LogP contribution in [-0.2, 0) is 12.0 Å². The van der Waals surface area contributed by atoms with Crippen molar-refractivity contribution in [1.29, 1.82) is 0 Å². The summed E-state index contributed by atoms with van der Waals surface area (Å²) in [5.74, 6) is -2.47. The number of fused-ring (bicyclic) bond motifs is 4. The van der Waals surface area contributed by atoms with Gasteiger partial charge in [-0.1, -0.05) is 36.4 Å². The maximum absolute atomic E-state index is 14.8. The Morgan fingerprint density at radius 3 is 2.29 bits per heavy atom. The van der Waals surface area contributed by atoms with Crippen LogP contribution in [0.2, 0.25) is 0 Å². The van der Waals surface area contributed by atoms with Crippen molar-refractivity contribution in [2.45, 2.75) is 43.6 Å². The molecule has 2 heterocycles. The molecule has 4 aromatic rings. The molecule has 1 N–H and O–H groups in total. The summed E-state index contributed by atoms with van der Waals surface area (Å²) in [4.78, 5) is 20.9. The van der Waals surface area contributed by atoms with E-state index < -0.39 is 28.6 Å². The lowest BCUT2D eigenvalue weighted by atomic mass is 9.69. The van der Waals surface area contributed by atoms with Crippen LogP contribution >= 0.6 is 0 Å². The van der Waals surface area contributed by atoms with E-state index in [0.29, 0.717) is 44.3 Å². The van der Waals surface area contributed by atoms with Gasteiger partial charge in [-0.05, 0) is 73.4 Å². The molecule has 1 aromatic heterocycles. The third-order valence-corrected chi connectivity index (χ3v) is 8.52. The Bertz CT molecular complexity index is 1510. The minimum atomic E-state index is -0.850. The zero-order chi connectivity index (χ0) is 26.6. The number of nitrogens with one attached hydrogen (secondary N) is 1. The maximum atomic E-state index is 14.8. The molecule has 0 bridgehead atoms. The molecule has 1 aliphatic carbocycles. The normalized spacial score (nSPS) is 21.1. The van der Waals surface area contributed by atoms with Crippen LogP contribution in [0.3, 0.4) is 0 Å². The molecule has 0 atom stereocenters. The summed E-state index contributed by atoms with van der Waals surface area (Å²) in [6.45, 7) is 0.370. The van der Waals surface area contributed by atoms with E-state index >= 15 is 0 Å². The highest BCUT2D eigenvalue weighted by atomic mass is 19.1. The van der Waals surface area contributed by atoms with Gasteiger partial charge >= 0.3 is 0 Å². The van der Waals surface area contributed by atoms with Gasteiger partial charge in [0, 0.05) is 37.2 Å². The van der Waals surface area contributed by atoms with Crippen LogP contribution in [0.25, 0.3) is 10.9 Å². The van der Waals surface area contributed by atoms with Crippen molar-refractivity contribution in [3.8, 4) is 0 Å². The molecule has 2 aliphatic rings. The van der Waals surface area contributed by atoms with Crippen LogP contribution in [0.4, 0.5) is 18.9 Å². The quantitative estimate of drug-likeness (QED) is 0.321. The van der Waals surface area contributed by atoms with Gasteiger partial charge in [0.05, 0.1) is 11.2 Å². The molecule has 0 saturated heterocycles. The summed E-state index contributed by atoms with van der Waals surface area (Å²) < 4.78 is 44.3. The molecule has 1 amide bonds. The van der Waals surface area contributed by atoms with Crippen molar-refractivity contribution < 1.29 is 18.0 Å². The largest absolute Gasteiger partial charge is 0.375 e. The zero-order valence-electron chi connectivity index (χ0n) is 21.5. The van der Waals surface area contributed by atoms with Gasteiger partial charge in [-0.3, -0.25) is 4.79 Å². The standard InChI is InChI=1S/C31H30F3N3O/c1-36(2)28-20(8-5-11-25(28)34)19-13-16-31(17-14-19)29-22(21-7-3-4-12-26(21)35-29)15-18-37(31)30(38)27-23(32)9-6-10-24(27)33/h3-12,19,35H,13-18H2,1-2H3. The first-order valence-corrected chi connectivity index (χ1v) is 13.1. The molecule has 6 rings (SSSR count). The van der Waals surface area contributed by atoms with Crippen LogP contribution in [-0.4, -0.2) is 36.4 Å². The van der Waals surface area contributed by atoms with Crippen molar-refractivity contribution in [3.05, 3.63) is 100 Å². The predicted molar refractivity (Wildman–Crippen MR) is 143 cm³/mol. The van der Waals surface area contributed by atoms with E-state index in [-0.39, 0.29) is 11.7 Å². The summed E-state index contributed by atoms with van der Waals surface area (Å²) >= 11 is 0. The number of amides is 1. The number of halogens is 3. The molecule has 0 radical (unpaired) electrons. The minimum absolute atomic E-state index is 0.102. The van der Waals surface area contributed by atoms with E-state index in [9.17, 15) is 18.0 Å². The average molecular weight is 518 g/mol. The molecule has 38 heavy (non-hydrogen) atoms. The van der Waals surface area contributed by atoms with E-state index in [2.05, 4.69) is 11.1 Å². The number of anilines is 1. The fraction of sp³-hybridized carbons (Fsp3) is 0.323. The Kier molecular flexibility index (Phi) is 5.97. The zero-order valence-corrected chi connectivity index (χ0v) is 21.5. The number of nitrogens with zero attached hydrogens (tertiary/aromatic N) is 2. The number of para-hydroxylation sites is 2. The first-order valence-electron chi connectivity index (χ1n) is 13.1. The third kappa shape index (κ3) is 3.70. The van der Waals surface area contributed by atoms with E-state index in [1.807, 2.05) is 43.3 Å². The average Bonchev–Trinajstić information content (AvgIpc) is 3.29. The summed E-state index contributed by atoms with van der Waals surface area (Å²) in [6.07, 6.45) is 3.22. The Hall–Kier alpha value is -3.74. The van der Waals surface area contributed by atoms with Crippen molar-refractivity contribution >= 4 is 22.5 Å². The monoisotopic (exact) mass is 517 g/mol. The Labute approximate surface area is 220 Å². The molecule has 1 saturated carbocycles. The Morgan fingerprint density at radius 2 is 1.58 bits per heavy atom. The summed E-state index contributed by atoms with van der Waals surface area (Å²) in [5.41, 5.74) is 3.41. The topological polar surface area (TPSA) is 39.3 Å². The molecule has 1 fully saturated rings. The van der Waals surface area contributed by atoms with Crippen LogP contribution < -0.4 is 4.90 Å². The third-order valence-electron chi connectivity index (χ3n) is 8.52. The van der Waals surface area contributed by atoms with Crippen molar-refractivity contribution in [3.63, 3.8) is 0 Å². The number of benzene rings is 3. The first kappa shape index (κ1) is 24.6. The lowest BCUT2D eigenvalue weighted by Crippen LogP contribution is -2.55.